The maximum Gasteiger partial charge on any atom is 0.159 e. The lowest BCUT2D eigenvalue weighted by Crippen LogP contribution is -2.23. The normalized spacial score (nSPS) is 14.3. The summed E-state index contributed by atoms with van der Waals surface area (Å²) in [6.07, 6.45) is 0.953. The molecule has 0 amide bonds. The number of hydrogen-bond acceptors (Lipinski definition) is 2. The van der Waals surface area contributed by atoms with Gasteiger partial charge in [-0.2, -0.15) is 0 Å². The Labute approximate surface area is 116 Å². The van der Waals surface area contributed by atoms with Gasteiger partial charge in [0.15, 0.2) is 11.6 Å². The van der Waals surface area contributed by atoms with Gasteiger partial charge in [-0.1, -0.05) is 19.1 Å². The van der Waals surface area contributed by atoms with Gasteiger partial charge in [-0.05, 0) is 42.5 Å². The molecule has 1 heterocycles. The predicted molar refractivity (Wildman–Crippen MR) is 75.3 cm³/mol. The second-order valence-electron chi connectivity index (χ2n) is 4.54. The molecular formula is C15H17F2NS. The van der Waals surface area contributed by atoms with Gasteiger partial charge in [-0.15, -0.1) is 11.3 Å². The standard InChI is InChI=1S/C15H17F2NS/c1-3-14(15-5-4-8-19-15)18-10(2)11-6-7-12(16)13(17)9-11/h4-10,14,18H,3H2,1-2H3. The molecule has 0 saturated carbocycles. The molecule has 1 aromatic carbocycles. The molecule has 2 aromatic rings. The van der Waals surface area contributed by atoms with Crippen molar-refractivity contribution in [3.05, 3.63) is 57.8 Å². The summed E-state index contributed by atoms with van der Waals surface area (Å²) in [7, 11) is 0. The van der Waals surface area contributed by atoms with Crippen molar-refractivity contribution in [1.29, 1.82) is 0 Å². The van der Waals surface area contributed by atoms with Crippen molar-refractivity contribution in [3.8, 4) is 0 Å². The lowest BCUT2D eigenvalue weighted by atomic mass is 10.1. The predicted octanol–water partition coefficient (Wildman–Crippen LogP) is 4.83. The van der Waals surface area contributed by atoms with Crippen molar-refractivity contribution in [2.75, 3.05) is 0 Å². The van der Waals surface area contributed by atoms with Crippen molar-refractivity contribution in [3.63, 3.8) is 0 Å². The highest BCUT2D eigenvalue weighted by atomic mass is 32.1. The molecule has 2 rings (SSSR count). The maximum absolute atomic E-state index is 13.2. The molecule has 0 saturated heterocycles. The summed E-state index contributed by atoms with van der Waals surface area (Å²) in [5.41, 5.74) is 0.758. The van der Waals surface area contributed by atoms with Crippen molar-refractivity contribution < 1.29 is 8.78 Å². The molecular weight excluding hydrogens is 264 g/mol. The molecule has 0 aliphatic carbocycles. The van der Waals surface area contributed by atoms with E-state index in [1.54, 1.807) is 17.4 Å². The van der Waals surface area contributed by atoms with E-state index in [1.807, 2.05) is 18.4 Å². The number of thiophene rings is 1. The molecule has 0 radical (unpaired) electrons. The summed E-state index contributed by atoms with van der Waals surface area (Å²) in [5.74, 6) is -1.60. The van der Waals surface area contributed by atoms with Crippen LogP contribution in [-0.4, -0.2) is 0 Å². The van der Waals surface area contributed by atoms with Crippen LogP contribution in [0.3, 0.4) is 0 Å². The topological polar surface area (TPSA) is 12.0 Å². The van der Waals surface area contributed by atoms with Gasteiger partial charge in [0.1, 0.15) is 0 Å². The fraction of sp³-hybridized carbons (Fsp3) is 0.333. The highest BCUT2D eigenvalue weighted by Gasteiger charge is 2.15. The number of hydrogen-bond donors (Lipinski definition) is 1. The van der Waals surface area contributed by atoms with Gasteiger partial charge in [0.05, 0.1) is 0 Å². The van der Waals surface area contributed by atoms with Crippen LogP contribution in [0.1, 0.15) is 42.8 Å². The quantitative estimate of drug-likeness (QED) is 0.828. The minimum Gasteiger partial charge on any atom is -0.303 e. The van der Waals surface area contributed by atoms with E-state index in [2.05, 4.69) is 18.3 Å². The average Bonchev–Trinajstić information content (AvgIpc) is 2.92. The van der Waals surface area contributed by atoms with Crippen LogP contribution in [0.25, 0.3) is 0 Å². The summed E-state index contributed by atoms with van der Waals surface area (Å²) in [5, 5.41) is 5.50. The average molecular weight is 281 g/mol. The summed E-state index contributed by atoms with van der Waals surface area (Å²) >= 11 is 1.70. The van der Waals surface area contributed by atoms with E-state index in [-0.39, 0.29) is 12.1 Å². The van der Waals surface area contributed by atoms with E-state index in [0.717, 1.165) is 12.0 Å². The third-order valence-electron chi connectivity index (χ3n) is 3.19. The van der Waals surface area contributed by atoms with Gasteiger partial charge in [0.25, 0.3) is 0 Å². The molecule has 1 nitrogen and oxygen atoms in total. The SMILES string of the molecule is CCC(NC(C)c1ccc(F)c(F)c1)c1cccs1. The number of benzene rings is 1. The van der Waals surface area contributed by atoms with E-state index in [1.165, 1.54) is 17.0 Å². The fourth-order valence-corrected chi connectivity index (χ4v) is 2.94. The third-order valence-corrected chi connectivity index (χ3v) is 4.18. The molecule has 0 spiro atoms. The van der Waals surface area contributed by atoms with Crippen LogP contribution in [-0.2, 0) is 0 Å². The van der Waals surface area contributed by atoms with Crippen molar-refractivity contribution >= 4 is 11.3 Å². The summed E-state index contributed by atoms with van der Waals surface area (Å²) < 4.78 is 26.2. The Balaban J connectivity index is 2.11. The molecule has 1 N–H and O–H groups in total. The minimum atomic E-state index is -0.804. The Morgan fingerprint density at radius 2 is 2.00 bits per heavy atom. The number of halogens is 2. The van der Waals surface area contributed by atoms with Gasteiger partial charge in [0.2, 0.25) is 0 Å². The van der Waals surface area contributed by atoms with Crippen LogP contribution >= 0.6 is 11.3 Å². The van der Waals surface area contributed by atoms with Gasteiger partial charge in [-0.25, -0.2) is 8.78 Å². The van der Waals surface area contributed by atoms with Gasteiger partial charge >= 0.3 is 0 Å². The van der Waals surface area contributed by atoms with Crippen LogP contribution in [0.2, 0.25) is 0 Å². The van der Waals surface area contributed by atoms with Crippen LogP contribution in [0.5, 0.6) is 0 Å². The molecule has 1 aromatic heterocycles. The first-order chi connectivity index (χ1) is 9.11. The van der Waals surface area contributed by atoms with Crippen molar-refractivity contribution in [1.82, 2.24) is 5.32 Å². The molecule has 2 atom stereocenters. The van der Waals surface area contributed by atoms with E-state index >= 15 is 0 Å². The fourth-order valence-electron chi connectivity index (χ4n) is 2.07. The van der Waals surface area contributed by atoms with Crippen LogP contribution in [0.4, 0.5) is 8.78 Å². The minimum absolute atomic E-state index is 0.0258. The smallest absolute Gasteiger partial charge is 0.159 e. The number of nitrogens with one attached hydrogen (secondary N) is 1. The zero-order chi connectivity index (χ0) is 13.8. The first kappa shape index (κ1) is 14.2. The monoisotopic (exact) mass is 281 g/mol. The second kappa shape index (κ2) is 6.26. The molecule has 4 heteroatoms. The summed E-state index contributed by atoms with van der Waals surface area (Å²) in [6.45, 7) is 4.07. The molecule has 0 fully saturated rings. The molecule has 102 valence electrons. The van der Waals surface area contributed by atoms with Gasteiger partial charge in [0, 0.05) is 17.0 Å². The van der Waals surface area contributed by atoms with Crippen LogP contribution < -0.4 is 5.32 Å². The lowest BCUT2D eigenvalue weighted by molar-refractivity contribution is 0.455. The largest absolute Gasteiger partial charge is 0.303 e. The van der Waals surface area contributed by atoms with E-state index in [9.17, 15) is 8.78 Å². The lowest BCUT2D eigenvalue weighted by Gasteiger charge is -2.22. The summed E-state index contributed by atoms with van der Waals surface area (Å²) in [4.78, 5) is 1.26. The first-order valence-electron chi connectivity index (χ1n) is 6.36. The molecule has 0 aliphatic heterocycles. The van der Waals surface area contributed by atoms with E-state index < -0.39 is 11.6 Å². The molecule has 19 heavy (non-hydrogen) atoms. The van der Waals surface area contributed by atoms with Crippen LogP contribution in [0.15, 0.2) is 35.7 Å². The maximum atomic E-state index is 13.2. The van der Waals surface area contributed by atoms with E-state index in [0.29, 0.717) is 0 Å². The Morgan fingerprint density at radius 1 is 1.21 bits per heavy atom. The Bertz CT molecular complexity index is 525. The number of rotatable bonds is 5. The highest BCUT2D eigenvalue weighted by Crippen LogP contribution is 2.26. The molecule has 0 aliphatic rings. The highest BCUT2D eigenvalue weighted by molar-refractivity contribution is 7.10. The second-order valence-corrected chi connectivity index (χ2v) is 5.52. The van der Waals surface area contributed by atoms with Crippen molar-refractivity contribution in [2.45, 2.75) is 32.4 Å². The van der Waals surface area contributed by atoms with Gasteiger partial charge < -0.3 is 5.32 Å². The first-order valence-corrected chi connectivity index (χ1v) is 7.24. The Hall–Kier alpha value is -1.26. The Kier molecular flexibility index (Phi) is 4.66. The van der Waals surface area contributed by atoms with E-state index in [4.69, 9.17) is 0 Å². The third kappa shape index (κ3) is 3.39. The zero-order valence-corrected chi connectivity index (χ0v) is 11.8. The molecule has 0 bridgehead atoms. The zero-order valence-electron chi connectivity index (χ0n) is 11.0. The van der Waals surface area contributed by atoms with Crippen molar-refractivity contribution in [2.24, 2.45) is 0 Å². The molecule has 2 unspecified atom stereocenters. The van der Waals surface area contributed by atoms with Crippen LogP contribution in [0, 0.1) is 11.6 Å². The Morgan fingerprint density at radius 3 is 2.58 bits per heavy atom. The van der Waals surface area contributed by atoms with Gasteiger partial charge in [-0.3, -0.25) is 0 Å². The summed E-state index contributed by atoms with van der Waals surface area (Å²) in [6, 6.07) is 8.38.